The first-order chi connectivity index (χ1) is 7.72. The Hall–Kier alpha value is -1.98. The van der Waals surface area contributed by atoms with Gasteiger partial charge < -0.3 is 5.11 Å². The lowest BCUT2D eigenvalue weighted by atomic mass is 10.1. The molecule has 0 saturated carbocycles. The summed E-state index contributed by atoms with van der Waals surface area (Å²) in [5, 5.41) is 13.2. The van der Waals surface area contributed by atoms with E-state index in [0.717, 1.165) is 18.4 Å². The Morgan fingerprint density at radius 3 is 3.06 bits per heavy atom. The average molecular weight is 221 g/mol. The number of hydrogen-bond acceptors (Lipinski definition) is 4. The van der Waals surface area contributed by atoms with Crippen molar-refractivity contribution >= 4 is 5.97 Å². The number of aromatic carboxylic acids is 1. The van der Waals surface area contributed by atoms with Crippen LogP contribution in [0.15, 0.2) is 23.7 Å². The molecule has 1 atom stereocenters. The van der Waals surface area contributed by atoms with Crippen molar-refractivity contribution in [1.82, 2.24) is 9.99 Å². The molecule has 1 aliphatic heterocycles. The van der Waals surface area contributed by atoms with Crippen molar-refractivity contribution in [3.63, 3.8) is 0 Å². The lowest BCUT2D eigenvalue weighted by molar-refractivity contribution is 0.0696. The number of carboxylic acids is 1. The molecule has 84 valence electrons. The van der Waals surface area contributed by atoms with Crippen molar-refractivity contribution in [3.05, 3.63) is 34.5 Å². The zero-order chi connectivity index (χ0) is 11.5. The van der Waals surface area contributed by atoms with Crippen LogP contribution in [0.5, 0.6) is 0 Å². The predicted molar refractivity (Wildman–Crippen MR) is 55.7 cm³/mol. The van der Waals surface area contributed by atoms with Gasteiger partial charge in [0.15, 0.2) is 0 Å². The quantitative estimate of drug-likeness (QED) is 0.784. The number of nitroso groups, excluding NO2 is 1. The summed E-state index contributed by atoms with van der Waals surface area (Å²) in [4.78, 5) is 25.2. The van der Waals surface area contributed by atoms with Crippen LogP contribution in [0.3, 0.4) is 0 Å². The van der Waals surface area contributed by atoms with Gasteiger partial charge >= 0.3 is 5.97 Å². The molecular formula is C10H11N3O3. The lowest BCUT2D eigenvalue weighted by Gasteiger charge is -2.17. The van der Waals surface area contributed by atoms with Gasteiger partial charge in [-0.25, -0.2) is 4.79 Å². The Kier molecular flexibility index (Phi) is 2.80. The first-order valence-electron chi connectivity index (χ1n) is 5.00. The third-order valence-corrected chi connectivity index (χ3v) is 2.72. The van der Waals surface area contributed by atoms with Crippen molar-refractivity contribution in [1.29, 1.82) is 0 Å². The second-order valence-corrected chi connectivity index (χ2v) is 3.71. The number of hydrogen-bond donors (Lipinski definition) is 1. The molecule has 0 aromatic carbocycles. The number of carbonyl (C=O) groups is 1. The first-order valence-corrected chi connectivity index (χ1v) is 5.00. The van der Waals surface area contributed by atoms with E-state index in [0.29, 0.717) is 6.54 Å². The molecule has 16 heavy (non-hydrogen) atoms. The van der Waals surface area contributed by atoms with Gasteiger partial charge in [0.25, 0.3) is 0 Å². The van der Waals surface area contributed by atoms with Gasteiger partial charge in [0.2, 0.25) is 0 Å². The fourth-order valence-electron chi connectivity index (χ4n) is 1.94. The molecule has 1 aliphatic rings. The van der Waals surface area contributed by atoms with Crippen LogP contribution in [0.2, 0.25) is 0 Å². The van der Waals surface area contributed by atoms with E-state index in [1.165, 1.54) is 11.2 Å². The van der Waals surface area contributed by atoms with E-state index in [1.54, 1.807) is 12.3 Å². The Morgan fingerprint density at radius 2 is 2.38 bits per heavy atom. The molecule has 0 aliphatic carbocycles. The van der Waals surface area contributed by atoms with Crippen molar-refractivity contribution in [3.8, 4) is 0 Å². The summed E-state index contributed by atoms with van der Waals surface area (Å²) < 4.78 is 0. The SMILES string of the molecule is O=NN1CCC[C@H]1c1cncc(C(=O)O)c1. The number of carboxylic acid groups (broad SMARTS) is 1. The van der Waals surface area contributed by atoms with E-state index in [9.17, 15) is 9.70 Å². The van der Waals surface area contributed by atoms with E-state index in [2.05, 4.69) is 10.3 Å². The third-order valence-electron chi connectivity index (χ3n) is 2.72. The number of nitrogens with zero attached hydrogens (tertiary/aromatic N) is 3. The smallest absolute Gasteiger partial charge is 0.337 e. The molecule has 6 heteroatoms. The zero-order valence-corrected chi connectivity index (χ0v) is 8.54. The molecular weight excluding hydrogens is 210 g/mol. The summed E-state index contributed by atoms with van der Waals surface area (Å²) in [5.41, 5.74) is 0.868. The van der Waals surface area contributed by atoms with Gasteiger partial charge in [0.05, 0.1) is 16.9 Å². The third kappa shape index (κ3) is 1.86. The van der Waals surface area contributed by atoms with Crippen molar-refractivity contribution in [2.75, 3.05) is 6.54 Å². The minimum Gasteiger partial charge on any atom is -0.478 e. The van der Waals surface area contributed by atoms with Gasteiger partial charge in [-0.15, -0.1) is 4.91 Å². The van der Waals surface area contributed by atoms with E-state index in [1.807, 2.05) is 0 Å². The number of rotatable bonds is 3. The molecule has 1 aromatic heterocycles. The van der Waals surface area contributed by atoms with Crippen LogP contribution in [0.4, 0.5) is 0 Å². The van der Waals surface area contributed by atoms with Crippen LogP contribution in [0.1, 0.15) is 34.8 Å². The highest BCUT2D eigenvalue weighted by Gasteiger charge is 2.26. The zero-order valence-electron chi connectivity index (χ0n) is 8.54. The highest BCUT2D eigenvalue weighted by Crippen LogP contribution is 2.31. The summed E-state index contributed by atoms with van der Waals surface area (Å²) in [6, 6.07) is 1.41. The molecule has 0 radical (unpaired) electrons. The standard InChI is InChI=1S/C10H11N3O3/c14-10(15)8-4-7(5-11-6-8)9-2-1-3-13(9)12-16/h4-6,9H,1-3H2,(H,14,15)/t9-/m0/s1. The molecule has 6 nitrogen and oxygen atoms in total. The van der Waals surface area contributed by atoms with Crippen LogP contribution >= 0.6 is 0 Å². The van der Waals surface area contributed by atoms with Gasteiger partial charge in [-0.05, 0) is 24.5 Å². The molecule has 0 amide bonds. The largest absolute Gasteiger partial charge is 0.478 e. The highest BCUT2D eigenvalue weighted by molar-refractivity contribution is 5.87. The maximum absolute atomic E-state index is 10.8. The van der Waals surface area contributed by atoms with Crippen molar-refractivity contribution in [2.24, 2.45) is 5.29 Å². The van der Waals surface area contributed by atoms with E-state index < -0.39 is 5.97 Å². The Bertz CT molecular complexity index is 422. The van der Waals surface area contributed by atoms with Gasteiger partial charge in [0, 0.05) is 18.9 Å². The first kappa shape index (κ1) is 10.5. The minimum absolute atomic E-state index is 0.134. The van der Waals surface area contributed by atoms with Crippen molar-refractivity contribution in [2.45, 2.75) is 18.9 Å². The van der Waals surface area contributed by atoms with Gasteiger partial charge in [-0.1, -0.05) is 0 Å². The predicted octanol–water partition coefficient (Wildman–Crippen LogP) is 1.60. The van der Waals surface area contributed by atoms with Gasteiger partial charge in [-0.3, -0.25) is 9.99 Å². The second kappa shape index (κ2) is 4.26. The van der Waals surface area contributed by atoms with Gasteiger partial charge in [-0.2, -0.15) is 0 Å². The molecule has 1 aromatic rings. The van der Waals surface area contributed by atoms with Crippen LogP contribution in [0.25, 0.3) is 0 Å². The second-order valence-electron chi connectivity index (χ2n) is 3.71. The van der Waals surface area contributed by atoms with E-state index >= 15 is 0 Å². The summed E-state index contributed by atoms with van der Waals surface area (Å²) in [5.74, 6) is -1.02. The van der Waals surface area contributed by atoms with Crippen LogP contribution in [0, 0.1) is 4.91 Å². The van der Waals surface area contributed by atoms with Gasteiger partial charge in [0.1, 0.15) is 0 Å². The topological polar surface area (TPSA) is 82.9 Å². The number of pyridine rings is 1. The summed E-state index contributed by atoms with van der Waals surface area (Å²) in [7, 11) is 0. The van der Waals surface area contributed by atoms with Crippen molar-refractivity contribution < 1.29 is 9.90 Å². The fraction of sp³-hybridized carbons (Fsp3) is 0.400. The molecule has 1 saturated heterocycles. The lowest BCUT2D eigenvalue weighted by Crippen LogP contribution is -2.16. The average Bonchev–Trinajstić information content (AvgIpc) is 2.77. The Labute approximate surface area is 91.9 Å². The molecule has 0 bridgehead atoms. The van der Waals surface area contributed by atoms with Crippen LogP contribution in [-0.2, 0) is 0 Å². The normalized spacial score (nSPS) is 19.8. The number of aromatic nitrogens is 1. The van der Waals surface area contributed by atoms with E-state index in [4.69, 9.17) is 5.11 Å². The molecule has 0 unspecified atom stereocenters. The molecule has 1 N–H and O–H groups in total. The molecule has 2 heterocycles. The molecule has 2 rings (SSSR count). The summed E-state index contributed by atoms with van der Waals surface area (Å²) in [6.07, 6.45) is 4.56. The molecule has 0 spiro atoms. The monoisotopic (exact) mass is 221 g/mol. The Morgan fingerprint density at radius 1 is 1.56 bits per heavy atom. The highest BCUT2D eigenvalue weighted by atomic mass is 16.4. The summed E-state index contributed by atoms with van der Waals surface area (Å²) in [6.45, 7) is 0.617. The Balaban J connectivity index is 2.29. The minimum atomic E-state index is -1.02. The summed E-state index contributed by atoms with van der Waals surface area (Å²) >= 11 is 0. The fourth-order valence-corrected chi connectivity index (χ4v) is 1.94. The molecule has 1 fully saturated rings. The maximum atomic E-state index is 10.8. The van der Waals surface area contributed by atoms with Crippen LogP contribution < -0.4 is 0 Å². The van der Waals surface area contributed by atoms with E-state index in [-0.39, 0.29) is 11.6 Å². The maximum Gasteiger partial charge on any atom is 0.337 e. The van der Waals surface area contributed by atoms with Crippen LogP contribution in [-0.4, -0.2) is 27.6 Å².